The summed E-state index contributed by atoms with van der Waals surface area (Å²) < 4.78 is 0. The van der Waals surface area contributed by atoms with Crippen molar-refractivity contribution in [2.75, 3.05) is 13.1 Å². The van der Waals surface area contributed by atoms with Crippen molar-refractivity contribution < 1.29 is 14.4 Å². The van der Waals surface area contributed by atoms with Crippen molar-refractivity contribution in [2.24, 2.45) is 0 Å². The molecule has 140 valence electrons. The number of urea groups is 1. The Kier molecular flexibility index (Phi) is 4.50. The van der Waals surface area contributed by atoms with Crippen molar-refractivity contribution in [3.8, 4) is 0 Å². The Balaban J connectivity index is 1.32. The zero-order valence-electron chi connectivity index (χ0n) is 15.1. The first-order valence-electron chi connectivity index (χ1n) is 9.52. The smallest absolute Gasteiger partial charge is 0.325 e. The molecule has 6 nitrogen and oxygen atoms in total. The van der Waals surface area contributed by atoms with Gasteiger partial charge in [0.15, 0.2) is 0 Å². The van der Waals surface area contributed by atoms with E-state index in [0.29, 0.717) is 19.4 Å². The summed E-state index contributed by atoms with van der Waals surface area (Å²) in [4.78, 5) is 42.1. The summed E-state index contributed by atoms with van der Waals surface area (Å²) >= 11 is 1.76. The topological polar surface area (TPSA) is 69.7 Å². The number of amides is 4. The fourth-order valence-electron chi connectivity index (χ4n) is 4.58. The molecule has 1 aromatic heterocycles. The molecule has 4 amide bonds. The highest BCUT2D eigenvalue weighted by atomic mass is 32.1. The van der Waals surface area contributed by atoms with E-state index in [1.807, 2.05) is 4.90 Å². The van der Waals surface area contributed by atoms with Crippen LogP contribution in [0.2, 0.25) is 0 Å². The zero-order valence-corrected chi connectivity index (χ0v) is 15.9. The Morgan fingerprint density at radius 3 is 2.88 bits per heavy atom. The minimum absolute atomic E-state index is 0.0956. The van der Waals surface area contributed by atoms with Crippen molar-refractivity contribution in [1.29, 1.82) is 0 Å². The average Bonchev–Trinajstić information content (AvgIpc) is 3.32. The van der Waals surface area contributed by atoms with E-state index < -0.39 is 5.54 Å². The lowest BCUT2D eigenvalue weighted by Crippen LogP contribution is -2.44. The summed E-state index contributed by atoms with van der Waals surface area (Å²) in [5.41, 5.74) is 0.601. The third-order valence-corrected chi connectivity index (χ3v) is 7.07. The van der Waals surface area contributed by atoms with Crippen LogP contribution in [0.4, 0.5) is 4.79 Å². The molecule has 1 N–H and O–H groups in total. The molecule has 2 fully saturated rings. The van der Waals surface area contributed by atoms with Crippen LogP contribution >= 0.6 is 11.3 Å². The first-order chi connectivity index (χ1) is 12.5. The minimum atomic E-state index is -0.655. The number of hydrogen-bond acceptors (Lipinski definition) is 4. The monoisotopic (exact) mass is 375 g/mol. The van der Waals surface area contributed by atoms with Gasteiger partial charge in [0.2, 0.25) is 5.91 Å². The van der Waals surface area contributed by atoms with E-state index in [1.165, 1.54) is 15.3 Å². The minimum Gasteiger partial charge on any atom is -0.336 e. The fraction of sp³-hybridized carbons (Fsp3) is 0.632. The van der Waals surface area contributed by atoms with E-state index in [0.717, 1.165) is 38.6 Å². The third-order valence-electron chi connectivity index (χ3n) is 6.07. The van der Waals surface area contributed by atoms with Crippen molar-refractivity contribution in [1.82, 2.24) is 15.1 Å². The molecule has 0 aromatic carbocycles. The van der Waals surface area contributed by atoms with Gasteiger partial charge in [-0.3, -0.25) is 14.5 Å². The number of hydrogen-bond donors (Lipinski definition) is 1. The second-order valence-corrected chi connectivity index (χ2v) is 8.59. The van der Waals surface area contributed by atoms with Gasteiger partial charge in [0, 0.05) is 24.4 Å². The lowest BCUT2D eigenvalue weighted by molar-refractivity contribution is -0.135. The highest BCUT2D eigenvalue weighted by Crippen LogP contribution is 2.35. The maximum Gasteiger partial charge on any atom is 0.325 e. The van der Waals surface area contributed by atoms with Crippen molar-refractivity contribution in [3.63, 3.8) is 0 Å². The summed E-state index contributed by atoms with van der Waals surface area (Å²) in [6, 6.07) is 1.92. The lowest BCUT2D eigenvalue weighted by atomic mass is 9.98. The molecule has 3 aliphatic rings. The molecule has 0 bridgehead atoms. The number of thiophene rings is 1. The number of carbonyl (C=O) groups excluding carboxylic acids is 3. The summed E-state index contributed by atoms with van der Waals surface area (Å²) in [5, 5.41) is 4.98. The predicted octanol–water partition coefficient (Wildman–Crippen LogP) is 2.84. The van der Waals surface area contributed by atoms with Gasteiger partial charge < -0.3 is 10.2 Å². The molecular weight excluding hydrogens is 350 g/mol. The summed E-state index contributed by atoms with van der Waals surface area (Å²) in [6.07, 6.45) is 5.24. The molecule has 1 saturated carbocycles. The molecule has 2 aliphatic heterocycles. The standard InChI is InChI=1S/C19H25N3O3S/c1-13-14-7-12-26-15(14)6-11-21(13)16(23)5-4-10-22-17(24)19(20-18(22)25)8-2-3-9-19/h7,12-13H,2-6,8-11H2,1H3,(H,20,25). The van der Waals surface area contributed by atoms with Gasteiger partial charge in [-0.15, -0.1) is 11.3 Å². The van der Waals surface area contributed by atoms with Crippen LogP contribution in [0.5, 0.6) is 0 Å². The first kappa shape index (κ1) is 17.5. The summed E-state index contributed by atoms with van der Waals surface area (Å²) in [5.74, 6) is 0.0127. The highest BCUT2D eigenvalue weighted by Gasteiger charge is 2.52. The van der Waals surface area contributed by atoms with Crippen LogP contribution in [0.3, 0.4) is 0 Å². The van der Waals surface area contributed by atoms with Gasteiger partial charge in [0.1, 0.15) is 5.54 Å². The zero-order chi connectivity index (χ0) is 18.3. The molecule has 1 unspecified atom stereocenters. The maximum absolute atomic E-state index is 12.7. The molecule has 3 heterocycles. The van der Waals surface area contributed by atoms with E-state index in [4.69, 9.17) is 0 Å². The first-order valence-corrected chi connectivity index (χ1v) is 10.4. The van der Waals surface area contributed by atoms with E-state index in [-0.39, 0.29) is 23.9 Å². The quantitative estimate of drug-likeness (QED) is 0.823. The van der Waals surface area contributed by atoms with E-state index in [2.05, 4.69) is 23.7 Å². The summed E-state index contributed by atoms with van der Waals surface area (Å²) in [6.45, 7) is 3.15. The van der Waals surface area contributed by atoms with Crippen molar-refractivity contribution in [3.05, 3.63) is 21.9 Å². The molecular formula is C19H25N3O3S. The van der Waals surface area contributed by atoms with Crippen molar-refractivity contribution >= 4 is 29.2 Å². The SMILES string of the molecule is CC1c2ccsc2CCN1C(=O)CCCN1C(=O)NC2(CCCC2)C1=O. The Bertz CT molecular complexity index is 738. The number of rotatable bonds is 4. The molecule has 26 heavy (non-hydrogen) atoms. The Morgan fingerprint density at radius 2 is 2.12 bits per heavy atom. The van der Waals surface area contributed by atoms with Crippen LogP contribution in [0.15, 0.2) is 11.4 Å². The van der Waals surface area contributed by atoms with Gasteiger partial charge in [-0.25, -0.2) is 4.79 Å². The molecule has 1 spiro atoms. The normalized spacial score (nSPS) is 24.3. The third kappa shape index (κ3) is 2.82. The largest absolute Gasteiger partial charge is 0.336 e. The Morgan fingerprint density at radius 1 is 1.35 bits per heavy atom. The van der Waals surface area contributed by atoms with Crippen LogP contribution in [-0.2, 0) is 16.0 Å². The maximum atomic E-state index is 12.7. The molecule has 4 rings (SSSR count). The van der Waals surface area contributed by atoms with E-state index >= 15 is 0 Å². The van der Waals surface area contributed by atoms with Gasteiger partial charge in [0.25, 0.3) is 5.91 Å². The molecule has 7 heteroatoms. The summed E-state index contributed by atoms with van der Waals surface area (Å²) in [7, 11) is 0. The van der Waals surface area contributed by atoms with E-state index in [1.54, 1.807) is 11.3 Å². The highest BCUT2D eigenvalue weighted by molar-refractivity contribution is 7.10. The number of nitrogens with zero attached hydrogens (tertiary/aromatic N) is 2. The predicted molar refractivity (Wildman–Crippen MR) is 98.8 cm³/mol. The fourth-order valence-corrected chi connectivity index (χ4v) is 5.54. The average molecular weight is 375 g/mol. The second-order valence-electron chi connectivity index (χ2n) is 7.59. The number of imide groups is 1. The molecule has 1 aromatic rings. The molecule has 1 atom stereocenters. The molecule has 1 aliphatic carbocycles. The van der Waals surface area contributed by atoms with Crippen LogP contribution in [0, 0.1) is 0 Å². The van der Waals surface area contributed by atoms with Crippen LogP contribution in [-0.4, -0.2) is 46.3 Å². The number of nitrogens with one attached hydrogen (secondary N) is 1. The van der Waals surface area contributed by atoms with Gasteiger partial charge in [-0.05, 0) is 49.6 Å². The Labute approximate surface area is 157 Å². The van der Waals surface area contributed by atoms with Gasteiger partial charge in [0.05, 0.1) is 6.04 Å². The van der Waals surface area contributed by atoms with Gasteiger partial charge >= 0.3 is 6.03 Å². The number of fused-ring (bicyclic) bond motifs is 1. The number of carbonyl (C=O) groups is 3. The molecule has 0 radical (unpaired) electrons. The van der Waals surface area contributed by atoms with Crippen molar-refractivity contribution in [2.45, 2.75) is 63.5 Å². The van der Waals surface area contributed by atoms with Gasteiger partial charge in [-0.2, -0.15) is 0 Å². The second kappa shape index (κ2) is 6.68. The Hall–Kier alpha value is -1.89. The lowest BCUT2D eigenvalue weighted by Gasteiger charge is -2.34. The molecule has 1 saturated heterocycles. The van der Waals surface area contributed by atoms with Crippen LogP contribution in [0.25, 0.3) is 0 Å². The van der Waals surface area contributed by atoms with Gasteiger partial charge in [-0.1, -0.05) is 12.8 Å². The van der Waals surface area contributed by atoms with Crippen LogP contribution in [0.1, 0.15) is 61.9 Å². The van der Waals surface area contributed by atoms with Crippen LogP contribution < -0.4 is 5.32 Å². The van der Waals surface area contributed by atoms with E-state index in [9.17, 15) is 14.4 Å².